The van der Waals surface area contributed by atoms with Gasteiger partial charge in [0.2, 0.25) is 0 Å². The molecule has 28 heavy (non-hydrogen) atoms. The lowest BCUT2D eigenvalue weighted by Crippen LogP contribution is -2.41. The van der Waals surface area contributed by atoms with Crippen LogP contribution in [-0.4, -0.2) is 39.8 Å². The maximum absolute atomic E-state index is 12.9. The van der Waals surface area contributed by atoms with Gasteiger partial charge in [-0.2, -0.15) is 0 Å². The average Bonchev–Trinajstić information content (AvgIpc) is 3.01. The molecule has 0 aromatic carbocycles. The van der Waals surface area contributed by atoms with Crippen LogP contribution in [0.4, 0.5) is 4.79 Å². The van der Waals surface area contributed by atoms with Crippen molar-refractivity contribution in [1.29, 1.82) is 0 Å². The summed E-state index contributed by atoms with van der Waals surface area (Å²) in [6, 6.07) is 1.47. The molecule has 2 atom stereocenters. The Hall–Kier alpha value is -2.32. The van der Waals surface area contributed by atoms with Crippen molar-refractivity contribution in [2.24, 2.45) is 5.92 Å². The summed E-state index contributed by atoms with van der Waals surface area (Å²) in [4.78, 5) is 27.8. The number of carbonyl (C=O) groups excluding carboxylic acids is 1. The Bertz CT molecular complexity index is 886. The maximum Gasteiger partial charge on any atom is 0.404 e. The number of carbonyl (C=O) groups is 2. The van der Waals surface area contributed by atoms with Crippen molar-refractivity contribution >= 4 is 35.2 Å². The second-order valence-corrected chi connectivity index (χ2v) is 7.68. The van der Waals surface area contributed by atoms with Gasteiger partial charge in [-0.15, -0.1) is 0 Å². The van der Waals surface area contributed by atoms with Crippen molar-refractivity contribution in [1.82, 2.24) is 20.8 Å². The van der Waals surface area contributed by atoms with Crippen molar-refractivity contribution in [3.8, 4) is 11.4 Å². The molecule has 1 saturated carbocycles. The third-order valence-electron chi connectivity index (χ3n) is 4.78. The summed E-state index contributed by atoms with van der Waals surface area (Å²) >= 11 is 12.1. The summed E-state index contributed by atoms with van der Waals surface area (Å²) in [5.41, 5.74) is 0.860. The first kappa shape index (κ1) is 20.4. The quantitative estimate of drug-likeness (QED) is 0.666. The van der Waals surface area contributed by atoms with Crippen LogP contribution in [0.25, 0.3) is 11.4 Å². The molecule has 8 nitrogen and oxygen atoms in total. The molecule has 1 fully saturated rings. The number of nitrogens with one attached hydrogen (secondary N) is 2. The molecule has 0 saturated heterocycles. The molecular weight excluding hydrogens is 407 g/mol. The summed E-state index contributed by atoms with van der Waals surface area (Å²) in [6.45, 7) is 2.03. The van der Waals surface area contributed by atoms with Gasteiger partial charge in [0, 0.05) is 18.8 Å². The molecule has 2 unspecified atom stereocenters. The van der Waals surface area contributed by atoms with Crippen molar-refractivity contribution in [2.75, 3.05) is 6.54 Å². The first-order valence-corrected chi connectivity index (χ1v) is 9.66. The smallest absolute Gasteiger partial charge is 0.404 e. The zero-order chi connectivity index (χ0) is 20.3. The molecule has 3 N–H and O–H groups in total. The highest BCUT2D eigenvalue weighted by molar-refractivity contribution is 6.36. The fourth-order valence-electron chi connectivity index (χ4n) is 3.49. The van der Waals surface area contributed by atoms with Gasteiger partial charge in [0.25, 0.3) is 5.91 Å². The van der Waals surface area contributed by atoms with E-state index in [1.165, 1.54) is 12.3 Å². The molecule has 1 aliphatic rings. The van der Waals surface area contributed by atoms with Crippen LogP contribution in [0.5, 0.6) is 0 Å². The fourth-order valence-corrected chi connectivity index (χ4v) is 3.96. The van der Waals surface area contributed by atoms with Crippen molar-refractivity contribution in [3.05, 3.63) is 33.6 Å². The summed E-state index contributed by atoms with van der Waals surface area (Å²) in [5, 5.41) is 18.8. The number of carboxylic acid groups (broad SMARTS) is 1. The molecule has 2 heterocycles. The number of hydrogen-bond donors (Lipinski definition) is 3. The third kappa shape index (κ3) is 4.74. The van der Waals surface area contributed by atoms with Gasteiger partial charge in [0.1, 0.15) is 22.7 Å². The zero-order valence-electron chi connectivity index (χ0n) is 15.2. The number of halogens is 2. The van der Waals surface area contributed by atoms with E-state index in [1.54, 1.807) is 6.92 Å². The molecule has 0 spiro atoms. The lowest BCUT2D eigenvalue weighted by molar-refractivity contribution is 0.0917. The van der Waals surface area contributed by atoms with Gasteiger partial charge in [0.05, 0.1) is 10.0 Å². The zero-order valence-corrected chi connectivity index (χ0v) is 16.7. The Morgan fingerprint density at radius 3 is 2.82 bits per heavy atom. The fraction of sp³-hybridized carbons (Fsp3) is 0.444. The van der Waals surface area contributed by atoms with Gasteiger partial charge in [-0.05, 0) is 38.2 Å². The van der Waals surface area contributed by atoms with Crippen LogP contribution >= 0.6 is 23.2 Å². The summed E-state index contributed by atoms with van der Waals surface area (Å²) in [5.74, 6) is 0.226. The number of pyridine rings is 1. The van der Waals surface area contributed by atoms with Gasteiger partial charge in [-0.25, -0.2) is 4.79 Å². The molecule has 10 heteroatoms. The van der Waals surface area contributed by atoms with Crippen molar-refractivity contribution in [2.45, 2.75) is 38.6 Å². The van der Waals surface area contributed by atoms with Crippen LogP contribution in [0, 0.1) is 12.8 Å². The molecule has 0 aliphatic heterocycles. The van der Waals surface area contributed by atoms with E-state index in [0.29, 0.717) is 29.4 Å². The number of amides is 2. The minimum absolute atomic E-state index is 0.0577. The van der Waals surface area contributed by atoms with Crippen LogP contribution in [-0.2, 0) is 0 Å². The second-order valence-electron chi connectivity index (χ2n) is 6.84. The highest BCUT2D eigenvalue weighted by atomic mass is 35.5. The predicted molar refractivity (Wildman–Crippen MR) is 104 cm³/mol. The molecule has 150 valence electrons. The molecule has 2 aromatic heterocycles. The van der Waals surface area contributed by atoms with Gasteiger partial charge >= 0.3 is 6.09 Å². The van der Waals surface area contributed by atoms with Crippen molar-refractivity contribution < 1.29 is 19.2 Å². The van der Waals surface area contributed by atoms with E-state index in [4.69, 9.17) is 32.8 Å². The maximum atomic E-state index is 12.9. The molecule has 0 radical (unpaired) electrons. The molecule has 0 bridgehead atoms. The monoisotopic (exact) mass is 426 g/mol. The van der Waals surface area contributed by atoms with Gasteiger partial charge in [-0.1, -0.05) is 34.8 Å². The number of aryl methyl sites for hydroxylation is 1. The first-order chi connectivity index (χ1) is 13.3. The molecule has 1 aliphatic carbocycles. The van der Waals surface area contributed by atoms with E-state index >= 15 is 0 Å². The van der Waals surface area contributed by atoms with Crippen LogP contribution in [0.2, 0.25) is 10.0 Å². The highest BCUT2D eigenvalue weighted by Gasteiger charge is 2.28. The Morgan fingerprint density at radius 2 is 2.11 bits per heavy atom. The lowest BCUT2D eigenvalue weighted by Gasteiger charge is -2.29. The standard InChI is InChI=1S/C18H20Cl2N4O4/c1-9-14(16(24-28-9)15-13(20)6-11(19)8-21-15)17(25)23-12-4-2-3-10(5-12)7-22-18(26)27/h6,8,10,12,22H,2-5,7H2,1H3,(H,23,25)(H,26,27). The van der Waals surface area contributed by atoms with Crippen LogP contribution < -0.4 is 10.6 Å². The lowest BCUT2D eigenvalue weighted by atomic mass is 9.85. The predicted octanol–water partition coefficient (Wildman–Crippen LogP) is 3.91. The van der Waals surface area contributed by atoms with Crippen molar-refractivity contribution in [3.63, 3.8) is 0 Å². The Morgan fingerprint density at radius 1 is 1.32 bits per heavy atom. The van der Waals surface area contributed by atoms with Gasteiger partial charge in [-0.3, -0.25) is 9.78 Å². The minimum atomic E-state index is -1.04. The Labute approximate surface area is 171 Å². The van der Waals surface area contributed by atoms with E-state index in [9.17, 15) is 9.59 Å². The number of rotatable bonds is 5. The summed E-state index contributed by atoms with van der Waals surface area (Å²) in [6.07, 6.45) is 3.75. The Kier molecular flexibility index (Phi) is 6.41. The number of hydrogen-bond acceptors (Lipinski definition) is 5. The highest BCUT2D eigenvalue weighted by Crippen LogP contribution is 2.31. The topological polar surface area (TPSA) is 117 Å². The number of aromatic nitrogens is 2. The average molecular weight is 427 g/mol. The van der Waals surface area contributed by atoms with Crippen LogP contribution in [0.15, 0.2) is 16.8 Å². The molecule has 2 aromatic rings. The van der Waals surface area contributed by atoms with Crippen LogP contribution in [0.3, 0.4) is 0 Å². The first-order valence-electron chi connectivity index (χ1n) is 8.90. The molecule has 2 amide bonds. The SMILES string of the molecule is Cc1onc(-c2ncc(Cl)cc2Cl)c1C(=O)NC1CCCC(CNC(=O)O)C1. The number of nitrogens with zero attached hydrogens (tertiary/aromatic N) is 2. The van der Waals surface area contributed by atoms with Gasteiger partial charge < -0.3 is 20.3 Å². The van der Waals surface area contributed by atoms with Gasteiger partial charge in [0.15, 0.2) is 0 Å². The second kappa shape index (κ2) is 8.79. The normalized spacial score (nSPS) is 19.2. The summed E-state index contributed by atoms with van der Waals surface area (Å²) in [7, 11) is 0. The summed E-state index contributed by atoms with van der Waals surface area (Å²) < 4.78 is 5.21. The van der Waals surface area contributed by atoms with E-state index in [2.05, 4.69) is 20.8 Å². The minimum Gasteiger partial charge on any atom is -0.465 e. The molecular formula is C18H20Cl2N4O4. The Balaban J connectivity index is 1.74. The third-order valence-corrected chi connectivity index (χ3v) is 5.28. The van der Waals surface area contributed by atoms with E-state index in [1.807, 2.05) is 0 Å². The van der Waals surface area contributed by atoms with Crippen LogP contribution in [0.1, 0.15) is 41.8 Å². The van der Waals surface area contributed by atoms with E-state index in [-0.39, 0.29) is 34.1 Å². The van der Waals surface area contributed by atoms with E-state index < -0.39 is 6.09 Å². The van der Waals surface area contributed by atoms with E-state index in [0.717, 1.165) is 19.3 Å². The largest absolute Gasteiger partial charge is 0.465 e. The molecule has 3 rings (SSSR count).